The van der Waals surface area contributed by atoms with Crippen LogP contribution >= 0.6 is 0 Å². The van der Waals surface area contributed by atoms with Crippen molar-refractivity contribution in [3.05, 3.63) is 35.9 Å². The number of ether oxygens (including phenoxy) is 1. The second-order valence-electron chi connectivity index (χ2n) is 16.4. The lowest BCUT2D eigenvalue weighted by molar-refractivity contribution is -0.142. The highest BCUT2D eigenvalue weighted by Gasteiger charge is 2.42. The number of anilines is 1. The highest BCUT2D eigenvalue weighted by Crippen LogP contribution is 2.30. The van der Waals surface area contributed by atoms with E-state index in [1.54, 1.807) is 36.8 Å². The summed E-state index contributed by atoms with van der Waals surface area (Å²) in [5.74, 6) is -2.35. The Bertz CT molecular complexity index is 1590. The molecule has 53 heavy (non-hydrogen) atoms. The van der Waals surface area contributed by atoms with Crippen molar-refractivity contribution in [2.45, 2.75) is 136 Å². The number of methoxy groups -OCH3 is 1. The van der Waals surface area contributed by atoms with Crippen LogP contribution in [0.25, 0.3) is 0 Å². The van der Waals surface area contributed by atoms with Crippen LogP contribution in [0.2, 0.25) is 0 Å². The average molecular weight is 761 g/mol. The number of amides is 4. The Kier molecular flexibility index (Phi) is 15.1. The number of likely N-dealkylation sites (tertiary alicyclic amines) is 2. The molecule has 14 heteroatoms. The third-order valence-corrected chi connectivity index (χ3v) is 12.1. The number of nitrogens with zero attached hydrogens (tertiary/aromatic N) is 3. The molecule has 13 nitrogen and oxygen atoms in total. The van der Waals surface area contributed by atoms with Gasteiger partial charge in [0.05, 0.1) is 35.0 Å². The lowest BCUT2D eigenvalue weighted by Crippen LogP contribution is -2.60. The van der Waals surface area contributed by atoms with E-state index in [2.05, 4.69) is 28.8 Å². The van der Waals surface area contributed by atoms with Crippen LogP contribution in [0.3, 0.4) is 0 Å². The molecule has 1 aromatic rings. The summed E-state index contributed by atoms with van der Waals surface area (Å²) in [5.41, 5.74) is 5.93. The second kappa shape index (κ2) is 18.2. The number of hydrogen-bond donors (Lipinski definition) is 3. The van der Waals surface area contributed by atoms with E-state index in [4.69, 9.17) is 10.5 Å². The number of likely N-dealkylation sites (N-methyl/N-ethyl adjacent to an activating group) is 1. The summed E-state index contributed by atoms with van der Waals surface area (Å²) in [7, 11) is -1.000. The van der Waals surface area contributed by atoms with Crippen LogP contribution in [0.1, 0.15) is 94.4 Å². The molecular weight excluding hydrogens is 697 g/mol. The van der Waals surface area contributed by atoms with Gasteiger partial charge in [-0.15, -0.1) is 0 Å². The zero-order chi connectivity index (χ0) is 40.0. The van der Waals surface area contributed by atoms with Crippen molar-refractivity contribution < 1.29 is 32.3 Å². The SMILES string of the molecule is CO[C@H]([C@@H](C)C(=O)NS(=O)(=O)c1ccc(N)cc1)[C@@H]1CCCN1C(=O)/C(C)=C/[C@H](C(C)C)N(C)C(=O)[C@@H](NC(=O)C1CCCCN1C(C)C)C(C)(C)C. The Hall–Kier alpha value is -3.49. The highest BCUT2D eigenvalue weighted by atomic mass is 32.2. The minimum atomic E-state index is -4.16. The van der Waals surface area contributed by atoms with Gasteiger partial charge in [0.2, 0.25) is 23.6 Å². The average Bonchev–Trinajstić information content (AvgIpc) is 3.57. The third kappa shape index (κ3) is 10.8. The summed E-state index contributed by atoms with van der Waals surface area (Å²) in [6.07, 6.45) is 5.01. The predicted molar refractivity (Wildman–Crippen MR) is 207 cm³/mol. The first kappa shape index (κ1) is 43.9. The van der Waals surface area contributed by atoms with Crippen molar-refractivity contribution in [1.29, 1.82) is 0 Å². The molecule has 1 aromatic carbocycles. The van der Waals surface area contributed by atoms with Gasteiger partial charge < -0.3 is 25.6 Å². The molecule has 4 N–H and O–H groups in total. The molecule has 2 fully saturated rings. The first-order valence-corrected chi connectivity index (χ1v) is 20.4. The van der Waals surface area contributed by atoms with Crippen LogP contribution in [0, 0.1) is 17.3 Å². The van der Waals surface area contributed by atoms with E-state index in [0.29, 0.717) is 30.6 Å². The summed E-state index contributed by atoms with van der Waals surface area (Å²) in [6.45, 7) is 18.5. The maximum Gasteiger partial charge on any atom is 0.264 e. The largest absolute Gasteiger partial charge is 0.399 e. The van der Waals surface area contributed by atoms with Gasteiger partial charge in [-0.3, -0.25) is 24.1 Å². The molecule has 2 aliphatic heterocycles. The number of benzene rings is 1. The number of nitrogens with one attached hydrogen (secondary N) is 2. The number of hydrogen-bond acceptors (Lipinski definition) is 9. The molecule has 0 aliphatic carbocycles. The summed E-state index contributed by atoms with van der Waals surface area (Å²) in [6, 6.07) is 3.70. The van der Waals surface area contributed by atoms with Gasteiger partial charge in [0, 0.05) is 38.0 Å². The highest BCUT2D eigenvalue weighted by molar-refractivity contribution is 7.90. The second-order valence-corrected chi connectivity index (χ2v) is 18.1. The Balaban J connectivity index is 1.80. The minimum absolute atomic E-state index is 0.0642. The van der Waals surface area contributed by atoms with Crippen LogP contribution in [-0.2, 0) is 33.9 Å². The molecule has 2 aliphatic rings. The van der Waals surface area contributed by atoms with Crippen molar-refractivity contribution >= 4 is 39.3 Å². The van der Waals surface area contributed by atoms with Gasteiger partial charge in [0.1, 0.15) is 6.04 Å². The van der Waals surface area contributed by atoms with E-state index < -0.39 is 51.5 Å². The van der Waals surface area contributed by atoms with Crippen molar-refractivity contribution in [2.75, 3.05) is 33.0 Å². The van der Waals surface area contributed by atoms with E-state index in [1.165, 1.54) is 31.4 Å². The van der Waals surface area contributed by atoms with Crippen LogP contribution < -0.4 is 15.8 Å². The smallest absolute Gasteiger partial charge is 0.264 e. The monoisotopic (exact) mass is 760 g/mol. The molecule has 0 radical (unpaired) electrons. The molecule has 2 saturated heterocycles. The number of rotatable bonds is 14. The molecular formula is C39H64N6O7S. The lowest BCUT2D eigenvalue weighted by atomic mass is 9.84. The topological polar surface area (TPSA) is 171 Å². The molecule has 6 atom stereocenters. The zero-order valence-electron chi connectivity index (χ0n) is 33.6. The Morgan fingerprint density at radius 1 is 0.981 bits per heavy atom. The number of piperidine rings is 1. The number of nitrogen functional groups attached to an aromatic ring is 1. The maximum atomic E-state index is 14.3. The van der Waals surface area contributed by atoms with Crippen molar-refractivity contribution in [3.63, 3.8) is 0 Å². The molecule has 3 rings (SSSR count). The van der Waals surface area contributed by atoms with E-state index in [1.807, 2.05) is 34.6 Å². The molecule has 0 saturated carbocycles. The van der Waals surface area contributed by atoms with Crippen LogP contribution in [0.15, 0.2) is 40.8 Å². The fourth-order valence-corrected chi connectivity index (χ4v) is 8.62. The number of carbonyl (C=O) groups excluding carboxylic acids is 4. The van der Waals surface area contributed by atoms with E-state index >= 15 is 0 Å². The standard InChI is InChI=1S/C39H64N6O7S/c1-24(2)32(43(10)38(49)34(39(7,8)9)41-36(47)31-15-12-13-21-44(31)25(3)4)23-26(5)37(48)45-22-14-16-30(45)33(52-11)27(6)35(46)42-53(50,51)29-19-17-28(40)18-20-29/h17-20,23-25,27,30-34H,12-16,21-22,40H2,1-11H3,(H,41,47)(H,42,46)/b26-23+/t27-,30+,31?,32-,33-,34-/m1/s1. The quantitative estimate of drug-likeness (QED) is 0.188. The van der Waals surface area contributed by atoms with E-state index in [0.717, 1.165) is 25.8 Å². The summed E-state index contributed by atoms with van der Waals surface area (Å²) < 4.78 is 33.8. The van der Waals surface area contributed by atoms with Crippen LogP contribution in [0.4, 0.5) is 5.69 Å². The minimum Gasteiger partial charge on any atom is -0.399 e. The molecule has 0 spiro atoms. The molecule has 2 heterocycles. The molecule has 0 bridgehead atoms. The number of sulfonamides is 1. The molecule has 1 unspecified atom stereocenters. The predicted octanol–water partition coefficient (Wildman–Crippen LogP) is 3.94. The lowest BCUT2D eigenvalue weighted by Gasteiger charge is -2.41. The van der Waals surface area contributed by atoms with E-state index in [-0.39, 0.29) is 40.6 Å². The fourth-order valence-electron chi connectivity index (χ4n) is 7.56. The van der Waals surface area contributed by atoms with Crippen LogP contribution in [-0.4, -0.2) is 110 Å². The first-order valence-electron chi connectivity index (χ1n) is 18.9. The third-order valence-electron chi connectivity index (χ3n) is 10.7. The molecule has 298 valence electrons. The van der Waals surface area contributed by atoms with Gasteiger partial charge in [-0.2, -0.15) is 0 Å². The van der Waals surface area contributed by atoms with Gasteiger partial charge in [-0.25, -0.2) is 13.1 Å². The molecule has 0 aromatic heterocycles. The summed E-state index contributed by atoms with van der Waals surface area (Å²) >= 11 is 0. The van der Waals surface area contributed by atoms with Gasteiger partial charge in [0.25, 0.3) is 10.0 Å². The Morgan fingerprint density at radius 2 is 1.60 bits per heavy atom. The van der Waals surface area contributed by atoms with Crippen LogP contribution in [0.5, 0.6) is 0 Å². The van der Waals surface area contributed by atoms with Crippen molar-refractivity contribution in [3.8, 4) is 0 Å². The Labute approximate surface area is 317 Å². The summed E-state index contributed by atoms with van der Waals surface area (Å²) in [5, 5.41) is 3.12. The van der Waals surface area contributed by atoms with Crippen molar-refractivity contribution in [1.82, 2.24) is 24.7 Å². The summed E-state index contributed by atoms with van der Waals surface area (Å²) in [4.78, 5) is 60.8. The number of carbonyl (C=O) groups is 4. The Morgan fingerprint density at radius 3 is 2.15 bits per heavy atom. The number of nitrogens with two attached hydrogens (primary N) is 1. The fraction of sp³-hybridized carbons (Fsp3) is 0.692. The first-order chi connectivity index (χ1) is 24.6. The van der Waals surface area contributed by atoms with Gasteiger partial charge >= 0.3 is 0 Å². The normalized spacial score (nSPS) is 21.2. The van der Waals surface area contributed by atoms with Gasteiger partial charge in [-0.05, 0) is 88.6 Å². The van der Waals surface area contributed by atoms with Gasteiger partial charge in [0.15, 0.2) is 0 Å². The molecule has 4 amide bonds. The van der Waals surface area contributed by atoms with Crippen molar-refractivity contribution in [2.24, 2.45) is 17.3 Å². The van der Waals surface area contributed by atoms with Gasteiger partial charge in [-0.1, -0.05) is 54.0 Å². The maximum absolute atomic E-state index is 14.3. The zero-order valence-corrected chi connectivity index (χ0v) is 34.5. The van der Waals surface area contributed by atoms with E-state index in [9.17, 15) is 27.6 Å².